The summed E-state index contributed by atoms with van der Waals surface area (Å²) in [4.78, 5) is 29.7. The first-order chi connectivity index (χ1) is 9.36. The number of aromatic nitrogens is 2. The Balaban J connectivity index is 2.96. The zero-order valence-corrected chi connectivity index (χ0v) is 12.2. The minimum absolute atomic E-state index is 0.0633. The number of anilines is 1. The Morgan fingerprint density at radius 3 is 2.70 bits per heavy atom. The Morgan fingerprint density at radius 1 is 1.50 bits per heavy atom. The van der Waals surface area contributed by atoms with Gasteiger partial charge in [0.1, 0.15) is 11.7 Å². The fourth-order valence-corrected chi connectivity index (χ4v) is 1.74. The van der Waals surface area contributed by atoms with Crippen LogP contribution in [0.3, 0.4) is 0 Å². The molecule has 0 aliphatic rings. The maximum Gasteiger partial charge on any atom is 0.332 e. The van der Waals surface area contributed by atoms with Crippen LogP contribution in [-0.2, 0) is 4.79 Å². The van der Waals surface area contributed by atoms with E-state index in [2.05, 4.69) is 20.6 Å². The first-order valence-electron chi connectivity index (χ1n) is 6.09. The lowest BCUT2D eigenvalue weighted by molar-refractivity contribution is -0.385. The standard InChI is InChI=1S/C11H16ClN5O3/c1-4-5-13-10(18)7(3)14-9-8(17(19)20)6(2)15-11(12)16-9/h7H,4-5H2,1-3H3,(H,13,18)(H,14,15,16). The number of carbonyl (C=O) groups is 1. The lowest BCUT2D eigenvalue weighted by Gasteiger charge is -2.14. The molecule has 0 bridgehead atoms. The van der Waals surface area contributed by atoms with Crippen LogP contribution in [0.25, 0.3) is 0 Å². The molecule has 1 aromatic heterocycles. The van der Waals surface area contributed by atoms with Crippen LogP contribution in [-0.4, -0.2) is 33.4 Å². The third-order valence-electron chi connectivity index (χ3n) is 2.51. The third kappa shape index (κ3) is 4.02. The Bertz CT molecular complexity index is 523. The summed E-state index contributed by atoms with van der Waals surface area (Å²) in [5.74, 6) is -0.333. The maximum absolute atomic E-state index is 11.7. The van der Waals surface area contributed by atoms with Crippen molar-refractivity contribution in [3.05, 3.63) is 21.1 Å². The monoisotopic (exact) mass is 301 g/mol. The molecule has 0 aromatic carbocycles. The second kappa shape index (κ2) is 6.99. The molecule has 0 aliphatic carbocycles. The molecule has 110 valence electrons. The van der Waals surface area contributed by atoms with E-state index < -0.39 is 11.0 Å². The van der Waals surface area contributed by atoms with Gasteiger partial charge in [-0.05, 0) is 31.9 Å². The van der Waals surface area contributed by atoms with Gasteiger partial charge >= 0.3 is 5.69 Å². The van der Waals surface area contributed by atoms with E-state index in [0.717, 1.165) is 6.42 Å². The van der Waals surface area contributed by atoms with E-state index in [1.165, 1.54) is 6.92 Å². The van der Waals surface area contributed by atoms with Crippen molar-refractivity contribution in [2.45, 2.75) is 33.2 Å². The molecular weight excluding hydrogens is 286 g/mol. The molecule has 1 unspecified atom stereocenters. The van der Waals surface area contributed by atoms with Crippen molar-refractivity contribution in [1.29, 1.82) is 0 Å². The van der Waals surface area contributed by atoms with Gasteiger partial charge in [-0.25, -0.2) is 4.98 Å². The molecule has 8 nitrogen and oxygen atoms in total. The first-order valence-corrected chi connectivity index (χ1v) is 6.47. The predicted octanol–water partition coefficient (Wildman–Crippen LogP) is 1.67. The van der Waals surface area contributed by atoms with Crippen LogP contribution in [0.4, 0.5) is 11.5 Å². The average Bonchev–Trinajstić information content (AvgIpc) is 2.34. The van der Waals surface area contributed by atoms with Crippen molar-refractivity contribution < 1.29 is 9.72 Å². The van der Waals surface area contributed by atoms with Crippen molar-refractivity contribution >= 4 is 29.0 Å². The highest BCUT2D eigenvalue weighted by Gasteiger charge is 2.24. The molecule has 0 saturated heterocycles. The average molecular weight is 302 g/mol. The Kier molecular flexibility index (Phi) is 5.63. The molecule has 0 spiro atoms. The molecule has 1 amide bonds. The van der Waals surface area contributed by atoms with Crippen LogP contribution in [0.5, 0.6) is 0 Å². The highest BCUT2D eigenvalue weighted by molar-refractivity contribution is 6.28. The topological polar surface area (TPSA) is 110 Å². The minimum Gasteiger partial charge on any atom is -0.354 e. The number of nitro groups is 1. The van der Waals surface area contributed by atoms with Crippen LogP contribution >= 0.6 is 11.6 Å². The SMILES string of the molecule is CCCNC(=O)C(C)Nc1nc(Cl)nc(C)c1[N+](=O)[O-]. The molecule has 1 atom stereocenters. The molecular formula is C11H16ClN5O3. The number of aryl methyl sites for hydroxylation is 1. The summed E-state index contributed by atoms with van der Waals surface area (Å²) in [7, 11) is 0. The fraction of sp³-hybridized carbons (Fsp3) is 0.545. The van der Waals surface area contributed by atoms with Gasteiger partial charge in [0.05, 0.1) is 4.92 Å². The van der Waals surface area contributed by atoms with E-state index in [4.69, 9.17) is 11.6 Å². The molecule has 1 rings (SSSR count). The molecule has 0 fully saturated rings. The summed E-state index contributed by atoms with van der Waals surface area (Å²) in [5.41, 5.74) is -0.150. The van der Waals surface area contributed by atoms with E-state index in [0.29, 0.717) is 6.54 Å². The number of nitrogens with zero attached hydrogens (tertiary/aromatic N) is 3. The lowest BCUT2D eigenvalue weighted by Crippen LogP contribution is -2.38. The third-order valence-corrected chi connectivity index (χ3v) is 2.68. The van der Waals surface area contributed by atoms with Gasteiger partial charge in [-0.15, -0.1) is 0 Å². The quantitative estimate of drug-likeness (QED) is 0.470. The Hall–Kier alpha value is -1.96. The van der Waals surface area contributed by atoms with Gasteiger partial charge in [-0.1, -0.05) is 6.92 Å². The van der Waals surface area contributed by atoms with Crippen molar-refractivity contribution in [3.8, 4) is 0 Å². The second-order valence-corrected chi connectivity index (χ2v) is 4.53. The van der Waals surface area contributed by atoms with Gasteiger partial charge in [0.2, 0.25) is 17.0 Å². The smallest absolute Gasteiger partial charge is 0.332 e. The summed E-state index contributed by atoms with van der Waals surface area (Å²) in [5, 5.41) is 16.3. The second-order valence-electron chi connectivity index (χ2n) is 4.19. The zero-order chi connectivity index (χ0) is 15.3. The first kappa shape index (κ1) is 16.1. The van der Waals surface area contributed by atoms with Gasteiger partial charge in [0, 0.05) is 6.54 Å². The molecule has 9 heteroatoms. The Labute approximate surface area is 121 Å². The summed E-state index contributed by atoms with van der Waals surface area (Å²) >= 11 is 5.69. The van der Waals surface area contributed by atoms with Gasteiger partial charge < -0.3 is 10.6 Å². The van der Waals surface area contributed by atoms with Crippen LogP contribution in [0.1, 0.15) is 26.0 Å². The summed E-state index contributed by atoms with van der Waals surface area (Å²) in [6, 6.07) is -0.675. The Morgan fingerprint density at radius 2 is 2.15 bits per heavy atom. The number of hydrogen-bond acceptors (Lipinski definition) is 6. The van der Waals surface area contributed by atoms with Crippen LogP contribution in [0.2, 0.25) is 5.28 Å². The van der Waals surface area contributed by atoms with Gasteiger partial charge in [0.25, 0.3) is 0 Å². The lowest BCUT2D eigenvalue weighted by atomic mass is 10.2. The predicted molar refractivity (Wildman–Crippen MR) is 74.8 cm³/mol. The van der Waals surface area contributed by atoms with Gasteiger partial charge in [0.15, 0.2) is 0 Å². The summed E-state index contributed by atoms with van der Waals surface area (Å²) < 4.78 is 0. The van der Waals surface area contributed by atoms with E-state index in [-0.39, 0.29) is 28.4 Å². The molecule has 1 aromatic rings. The summed E-state index contributed by atoms with van der Waals surface area (Å²) in [6.45, 7) is 5.51. The fourth-order valence-electron chi connectivity index (χ4n) is 1.52. The molecule has 20 heavy (non-hydrogen) atoms. The van der Waals surface area contributed by atoms with Crippen LogP contribution < -0.4 is 10.6 Å². The number of amides is 1. The normalized spacial score (nSPS) is 11.8. The van der Waals surface area contributed by atoms with Crippen LogP contribution in [0.15, 0.2) is 0 Å². The van der Waals surface area contributed by atoms with Crippen molar-refractivity contribution in [2.75, 3.05) is 11.9 Å². The van der Waals surface area contributed by atoms with E-state index in [1.807, 2.05) is 6.92 Å². The molecule has 0 saturated carbocycles. The number of carbonyl (C=O) groups excluding carboxylic acids is 1. The van der Waals surface area contributed by atoms with E-state index >= 15 is 0 Å². The van der Waals surface area contributed by atoms with Crippen molar-refractivity contribution in [1.82, 2.24) is 15.3 Å². The number of hydrogen-bond donors (Lipinski definition) is 2. The zero-order valence-electron chi connectivity index (χ0n) is 11.4. The highest BCUT2D eigenvalue weighted by Crippen LogP contribution is 2.26. The van der Waals surface area contributed by atoms with Crippen molar-refractivity contribution in [3.63, 3.8) is 0 Å². The number of rotatable bonds is 6. The number of halogens is 1. The molecule has 2 N–H and O–H groups in total. The highest BCUT2D eigenvalue weighted by atomic mass is 35.5. The maximum atomic E-state index is 11.7. The van der Waals surface area contributed by atoms with Crippen LogP contribution in [0, 0.1) is 17.0 Å². The van der Waals surface area contributed by atoms with Gasteiger partial charge in [-0.3, -0.25) is 14.9 Å². The van der Waals surface area contributed by atoms with Gasteiger partial charge in [-0.2, -0.15) is 4.98 Å². The largest absolute Gasteiger partial charge is 0.354 e. The molecule has 1 heterocycles. The molecule has 0 radical (unpaired) electrons. The molecule has 0 aliphatic heterocycles. The summed E-state index contributed by atoms with van der Waals surface area (Å²) in [6.07, 6.45) is 0.803. The van der Waals surface area contributed by atoms with Crippen molar-refractivity contribution in [2.24, 2.45) is 0 Å². The van der Waals surface area contributed by atoms with E-state index in [1.54, 1.807) is 6.92 Å². The number of nitrogens with one attached hydrogen (secondary N) is 2. The van der Waals surface area contributed by atoms with E-state index in [9.17, 15) is 14.9 Å². The minimum atomic E-state index is -0.675.